The average Bonchev–Trinajstić information content (AvgIpc) is 2.33. The summed E-state index contributed by atoms with van der Waals surface area (Å²) in [4.78, 5) is 35.3. The fourth-order valence-electron chi connectivity index (χ4n) is 1.78. The second-order valence-electron chi connectivity index (χ2n) is 4.20. The maximum Gasteiger partial charge on any atom is 0.406 e. The Hall–Kier alpha value is -2.00. The van der Waals surface area contributed by atoms with Gasteiger partial charge in [-0.25, -0.2) is 9.59 Å². The third kappa shape index (κ3) is 4.00. The number of amides is 3. The molecule has 1 atom stereocenters. The Labute approximate surface area is 112 Å². The van der Waals surface area contributed by atoms with Gasteiger partial charge < -0.3 is 15.3 Å². The first-order valence-electron chi connectivity index (χ1n) is 5.77. The highest BCUT2D eigenvalue weighted by atomic mass is 19.4. The van der Waals surface area contributed by atoms with Crippen molar-refractivity contribution in [3.8, 4) is 0 Å². The normalized spacial score (nSPS) is 19.5. The Kier molecular flexibility index (Phi) is 4.79. The molecule has 1 aliphatic rings. The minimum Gasteiger partial charge on any atom is -0.480 e. The van der Waals surface area contributed by atoms with E-state index < -0.39 is 43.2 Å². The number of carbonyl (C=O) groups excluding carboxylic acids is 2. The summed E-state index contributed by atoms with van der Waals surface area (Å²) in [5.74, 6) is -2.00. The summed E-state index contributed by atoms with van der Waals surface area (Å²) >= 11 is 0. The molecule has 0 aliphatic carbocycles. The van der Waals surface area contributed by atoms with Gasteiger partial charge in [0, 0.05) is 13.1 Å². The molecule has 0 spiro atoms. The molecule has 2 N–H and O–H groups in total. The quantitative estimate of drug-likeness (QED) is 0.759. The van der Waals surface area contributed by atoms with Gasteiger partial charge in [0.25, 0.3) is 0 Å². The smallest absolute Gasteiger partial charge is 0.406 e. The van der Waals surface area contributed by atoms with Crippen LogP contribution in [0.25, 0.3) is 0 Å². The summed E-state index contributed by atoms with van der Waals surface area (Å²) in [6.07, 6.45) is -4.59. The molecule has 10 heteroatoms. The van der Waals surface area contributed by atoms with Crippen molar-refractivity contribution in [1.82, 2.24) is 15.1 Å². The van der Waals surface area contributed by atoms with Crippen LogP contribution >= 0.6 is 0 Å². The van der Waals surface area contributed by atoms with Gasteiger partial charge in [-0.2, -0.15) is 13.2 Å². The number of rotatable bonds is 3. The van der Waals surface area contributed by atoms with Gasteiger partial charge in [-0.15, -0.1) is 0 Å². The number of hydrogen-bond donors (Lipinski definition) is 2. The molecule has 0 bridgehead atoms. The standard InChI is InChI=1S/C10H14F3N3O4/c1-2-15(5-10(11,12)13)9(20)16-4-7(17)14-3-6(16)8(18)19/h6H,2-5H2,1H3,(H,14,17)(H,18,19). The van der Waals surface area contributed by atoms with Crippen molar-refractivity contribution in [2.24, 2.45) is 0 Å². The largest absolute Gasteiger partial charge is 0.480 e. The van der Waals surface area contributed by atoms with Gasteiger partial charge in [0.15, 0.2) is 0 Å². The summed E-state index contributed by atoms with van der Waals surface area (Å²) in [7, 11) is 0. The third-order valence-corrected chi connectivity index (χ3v) is 2.74. The maximum atomic E-state index is 12.3. The van der Waals surface area contributed by atoms with Crippen molar-refractivity contribution in [1.29, 1.82) is 0 Å². The molecule has 114 valence electrons. The Bertz CT molecular complexity index is 413. The van der Waals surface area contributed by atoms with Crippen LogP contribution in [0.5, 0.6) is 0 Å². The van der Waals surface area contributed by atoms with E-state index in [-0.39, 0.29) is 13.1 Å². The van der Waals surface area contributed by atoms with Crippen molar-refractivity contribution < 1.29 is 32.7 Å². The maximum absolute atomic E-state index is 12.3. The van der Waals surface area contributed by atoms with E-state index in [2.05, 4.69) is 5.32 Å². The van der Waals surface area contributed by atoms with E-state index in [9.17, 15) is 27.6 Å². The van der Waals surface area contributed by atoms with Gasteiger partial charge in [0.2, 0.25) is 5.91 Å². The van der Waals surface area contributed by atoms with Crippen molar-refractivity contribution in [2.75, 3.05) is 26.2 Å². The Morgan fingerprint density at radius 1 is 1.50 bits per heavy atom. The molecule has 1 heterocycles. The predicted molar refractivity (Wildman–Crippen MR) is 59.8 cm³/mol. The zero-order valence-electron chi connectivity index (χ0n) is 10.6. The highest BCUT2D eigenvalue weighted by Crippen LogP contribution is 2.18. The fraction of sp³-hybridized carbons (Fsp3) is 0.700. The predicted octanol–water partition coefficient (Wildman–Crippen LogP) is -0.124. The number of urea groups is 1. The van der Waals surface area contributed by atoms with Gasteiger partial charge in [0.05, 0.1) is 0 Å². The van der Waals surface area contributed by atoms with Crippen LogP contribution in [-0.4, -0.2) is 71.2 Å². The summed E-state index contributed by atoms with van der Waals surface area (Å²) in [5.41, 5.74) is 0. The summed E-state index contributed by atoms with van der Waals surface area (Å²) in [6, 6.07) is -2.49. The van der Waals surface area contributed by atoms with Crippen molar-refractivity contribution in [2.45, 2.75) is 19.1 Å². The molecular formula is C10H14F3N3O4. The SMILES string of the molecule is CCN(CC(F)(F)F)C(=O)N1CC(=O)NCC1C(=O)O. The number of nitrogens with one attached hydrogen (secondary N) is 1. The van der Waals surface area contributed by atoms with Gasteiger partial charge >= 0.3 is 18.2 Å². The Balaban J connectivity index is 2.89. The molecule has 1 rings (SSSR count). The fourth-order valence-corrected chi connectivity index (χ4v) is 1.78. The molecule has 1 unspecified atom stereocenters. The summed E-state index contributed by atoms with van der Waals surface area (Å²) < 4.78 is 37.0. The average molecular weight is 297 g/mol. The number of nitrogens with zero attached hydrogens (tertiary/aromatic N) is 2. The molecule has 0 aromatic rings. The van der Waals surface area contributed by atoms with Gasteiger partial charge in [-0.3, -0.25) is 9.69 Å². The number of piperazine rings is 1. The van der Waals surface area contributed by atoms with Crippen LogP contribution in [0, 0.1) is 0 Å². The van der Waals surface area contributed by atoms with Crippen molar-refractivity contribution >= 4 is 17.9 Å². The lowest BCUT2D eigenvalue weighted by Gasteiger charge is -2.36. The van der Waals surface area contributed by atoms with E-state index in [1.54, 1.807) is 0 Å². The Morgan fingerprint density at radius 3 is 2.55 bits per heavy atom. The molecule has 3 amide bonds. The minimum atomic E-state index is -4.59. The Morgan fingerprint density at radius 2 is 2.10 bits per heavy atom. The molecule has 1 saturated heterocycles. The van der Waals surface area contributed by atoms with Crippen LogP contribution in [0.15, 0.2) is 0 Å². The second kappa shape index (κ2) is 5.97. The first-order chi connectivity index (χ1) is 9.15. The number of aliphatic carboxylic acids is 1. The minimum absolute atomic E-state index is 0.247. The van der Waals surface area contributed by atoms with E-state index in [0.717, 1.165) is 0 Å². The lowest BCUT2D eigenvalue weighted by atomic mass is 10.2. The van der Waals surface area contributed by atoms with E-state index >= 15 is 0 Å². The summed E-state index contributed by atoms with van der Waals surface area (Å²) in [6.45, 7) is -1.31. The molecule has 20 heavy (non-hydrogen) atoms. The second-order valence-corrected chi connectivity index (χ2v) is 4.20. The van der Waals surface area contributed by atoms with Crippen molar-refractivity contribution in [3.63, 3.8) is 0 Å². The molecule has 1 aliphatic heterocycles. The number of carboxylic acid groups (broad SMARTS) is 1. The van der Waals surface area contributed by atoms with E-state index in [4.69, 9.17) is 5.11 Å². The molecule has 0 saturated carbocycles. The molecule has 7 nitrogen and oxygen atoms in total. The van der Waals surface area contributed by atoms with E-state index in [0.29, 0.717) is 9.80 Å². The first-order valence-corrected chi connectivity index (χ1v) is 5.77. The van der Waals surface area contributed by atoms with Gasteiger partial charge in [-0.05, 0) is 6.92 Å². The lowest BCUT2D eigenvalue weighted by molar-refractivity contribution is -0.146. The lowest BCUT2D eigenvalue weighted by Crippen LogP contribution is -2.62. The third-order valence-electron chi connectivity index (χ3n) is 2.74. The molecule has 0 aromatic heterocycles. The van der Waals surface area contributed by atoms with Crippen LogP contribution in [0.4, 0.5) is 18.0 Å². The van der Waals surface area contributed by atoms with E-state index in [1.807, 2.05) is 0 Å². The molecule has 0 radical (unpaired) electrons. The first kappa shape index (κ1) is 16.1. The number of alkyl halides is 3. The van der Waals surface area contributed by atoms with Crippen LogP contribution in [0.1, 0.15) is 6.92 Å². The topological polar surface area (TPSA) is 90.0 Å². The molecule has 0 aromatic carbocycles. The van der Waals surface area contributed by atoms with Crippen LogP contribution in [0.2, 0.25) is 0 Å². The highest BCUT2D eigenvalue weighted by Gasteiger charge is 2.40. The molecule has 1 fully saturated rings. The van der Waals surface area contributed by atoms with Crippen LogP contribution < -0.4 is 5.32 Å². The highest BCUT2D eigenvalue weighted by molar-refractivity contribution is 5.90. The number of carboxylic acids is 1. The number of carbonyl (C=O) groups is 3. The van der Waals surface area contributed by atoms with Crippen LogP contribution in [-0.2, 0) is 9.59 Å². The van der Waals surface area contributed by atoms with Gasteiger partial charge in [-0.1, -0.05) is 0 Å². The van der Waals surface area contributed by atoms with Gasteiger partial charge in [0.1, 0.15) is 19.1 Å². The molecular weight excluding hydrogens is 283 g/mol. The monoisotopic (exact) mass is 297 g/mol. The zero-order valence-corrected chi connectivity index (χ0v) is 10.6. The summed E-state index contributed by atoms with van der Waals surface area (Å²) in [5, 5.41) is 11.2. The van der Waals surface area contributed by atoms with E-state index in [1.165, 1.54) is 6.92 Å². The van der Waals surface area contributed by atoms with Crippen LogP contribution in [0.3, 0.4) is 0 Å². The number of hydrogen-bond acceptors (Lipinski definition) is 3. The zero-order chi connectivity index (χ0) is 15.5. The van der Waals surface area contributed by atoms with Crippen molar-refractivity contribution in [3.05, 3.63) is 0 Å². The number of halogens is 3.